The van der Waals surface area contributed by atoms with Crippen molar-refractivity contribution in [2.24, 2.45) is 11.1 Å². The Hall–Kier alpha value is -0.800. The zero-order chi connectivity index (χ0) is 10.6. The molecular weight excluding hydrogens is 176 g/mol. The van der Waals surface area contributed by atoms with Crippen LogP contribution in [-0.4, -0.2) is 25.0 Å². The monoisotopic (exact) mass is 196 g/mol. The lowest BCUT2D eigenvalue weighted by Gasteiger charge is -2.28. The Kier molecular flexibility index (Phi) is 3.72. The van der Waals surface area contributed by atoms with Crippen molar-refractivity contribution in [1.82, 2.24) is 4.90 Å². The molecule has 0 bridgehead atoms. The molecule has 1 aromatic rings. The van der Waals surface area contributed by atoms with Crippen LogP contribution < -0.4 is 5.73 Å². The summed E-state index contributed by atoms with van der Waals surface area (Å²) in [5, 5.41) is 0. The van der Waals surface area contributed by atoms with Crippen LogP contribution in [0.4, 0.5) is 0 Å². The first-order chi connectivity index (χ1) is 6.53. The van der Waals surface area contributed by atoms with Gasteiger partial charge in [0.2, 0.25) is 0 Å². The standard InChI is InChI=1S/C11H20N2O/c1-11(2,8-12)9-13(3)7-10-5-4-6-14-10/h4-6H,7-9,12H2,1-3H3. The van der Waals surface area contributed by atoms with Gasteiger partial charge in [-0.05, 0) is 31.1 Å². The molecule has 0 spiro atoms. The van der Waals surface area contributed by atoms with Crippen LogP contribution in [0.1, 0.15) is 19.6 Å². The Labute approximate surface area is 85.9 Å². The van der Waals surface area contributed by atoms with Crippen molar-refractivity contribution in [3.8, 4) is 0 Å². The molecule has 0 fully saturated rings. The van der Waals surface area contributed by atoms with Gasteiger partial charge in [0, 0.05) is 6.54 Å². The lowest BCUT2D eigenvalue weighted by molar-refractivity contribution is 0.198. The summed E-state index contributed by atoms with van der Waals surface area (Å²) in [5.41, 5.74) is 5.85. The van der Waals surface area contributed by atoms with Crippen LogP contribution in [0.15, 0.2) is 22.8 Å². The minimum absolute atomic E-state index is 0.168. The SMILES string of the molecule is CN(Cc1ccco1)CC(C)(C)CN. The fraction of sp³-hybridized carbons (Fsp3) is 0.636. The van der Waals surface area contributed by atoms with E-state index in [0.29, 0.717) is 6.54 Å². The molecule has 3 nitrogen and oxygen atoms in total. The van der Waals surface area contributed by atoms with Crippen molar-refractivity contribution in [3.63, 3.8) is 0 Å². The predicted molar refractivity (Wildman–Crippen MR) is 57.9 cm³/mol. The van der Waals surface area contributed by atoms with E-state index in [1.54, 1.807) is 6.26 Å². The smallest absolute Gasteiger partial charge is 0.117 e. The summed E-state index contributed by atoms with van der Waals surface area (Å²) in [6.07, 6.45) is 1.71. The fourth-order valence-corrected chi connectivity index (χ4v) is 1.52. The minimum atomic E-state index is 0.168. The summed E-state index contributed by atoms with van der Waals surface area (Å²) in [6, 6.07) is 3.91. The van der Waals surface area contributed by atoms with Gasteiger partial charge in [-0.1, -0.05) is 13.8 Å². The zero-order valence-electron chi connectivity index (χ0n) is 9.29. The molecule has 0 atom stereocenters. The predicted octanol–water partition coefficient (Wildman–Crippen LogP) is 1.70. The van der Waals surface area contributed by atoms with Crippen molar-refractivity contribution in [2.75, 3.05) is 20.1 Å². The molecule has 0 aromatic carbocycles. The van der Waals surface area contributed by atoms with Crippen molar-refractivity contribution >= 4 is 0 Å². The number of nitrogens with two attached hydrogens (primary N) is 1. The van der Waals surface area contributed by atoms with Gasteiger partial charge in [0.25, 0.3) is 0 Å². The quantitative estimate of drug-likeness (QED) is 0.779. The Balaban J connectivity index is 2.40. The van der Waals surface area contributed by atoms with Crippen molar-refractivity contribution in [1.29, 1.82) is 0 Å². The van der Waals surface area contributed by atoms with Gasteiger partial charge < -0.3 is 10.2 Å². The third-order valence-corrected chi connectivity index (χ3v) is 2.26. The highest BCUT2D eigenvalue weighted by Crippen LogP contribution is 2.15. The zero-order valence-corrected chi connectivity index (χ0v) is 9.29. The Morgan fingerprint density at radius 3 is 2.71 bits per heavy atom. The van der Waals surface area contributed by atoms with E-state index in [9.17, 15) is 0 Å². The molecule has 1 aromatic heterocycles. The van der Waals surface area contributed by atoms with E-state index in [4.69, 9.17) is 10.2 Å². The van der Waals surface area contributed by atoms with Crippen molar-refractivity contribution in [3.05, 3.63) is 24.2 Å². The summed E-state index contributed by atoms with van der Waals surface area (Å²) in [7, 11) is 2.08. The molecule has 2 N–H and O–H groups in total. The lowest BCUT2D eigenvalue weighted by atomic mass is 9.93. The van der Waals surface area contributed by atoms with E-state index in [-0.39, 0.29) is 5.41 Å². The van der Waals surface area contributed by atoms with Crippen molar-refractivity contribution < 1.29 is 4.42 Å². The van der Waals surface area contributed by atoms with Crippen LogP contribution in [0.2, 0.25) is 0 Å². The van der Waals surface area contributed by atoms with Gasteiger partial charge in [-0.25, -0.2) is 0 Å². The van der Waals surface area contributed by atoms with Gasteiger partial charge in [-0.3, -0.25) is 4.90 Å². The van der Waals surface area contributed by atoms with Gasteiger partial charge in [-0.2, -0.15) is 0 Å². The van der Waals surface area contributed by atoms with Crippen LogP contribution >= 0.6 is 0 Å². The first-order valence-electron chi connectivity index (χ1n) is 4.94. The van der Waals surface area contributed by atoms with Gasteiger partial charge in [0.1, 0.15) is 5.76 Å². The third kappa shape index (κ3) is 3.52. The molecule has 1 heterocycles. The van der Waals surface area contributed by atoms with Gasteiger partial charge in [-0.15, -0.1) is 0 Å². The van der Waals surface area contributed by atoms with Crippen LogP contribution in [0, 0.1) is 5.41 Å². The topological polar surface area (TPSA) is 42.4 Å². The summed E-state index contributed by atoms with van der Waals surface area (Å²) in [4.78, 5) is 2.23. The molecule has 0 saturated carbocycles. The number of hydrogen-bond acceptors (Lipinski definition) is 3. The maximum atomic E-state index is 5.68. The molecule has 0 unspecified atom stereocenters. The Morgan fingerprint density at radius 2 is 2.21 bits per heavy atom. The van der Waals surface area contributed by atoms with Gasteiger partial charge in [0.05, 0.1) is 12.8 Å². The highest BCUT2D eigenvalue weighted by molar-refractivity contribution is 4.97. The Bertz CT molecular complexity index is 254. The largest absolute Gasteiger partial charge is 0.468 e. The fourth-order valence-electron chi connectivity index (χ4n) is 1.52. The van der Waals surface area contributed by atoms with E-state index in [1.807, 2.05) is 12.1 Å². The average Bonchev–Trinajstić information content (AvgIpc) is 2.55. The average molecular weight is 196 g/mol. The minimum Gasteiger partial charge on any atom is -0.468 e. The normalized spacial score (nSPS) is 12.4. The number of rotatable bonds is 5. The third-order valence-electron chi connectivity index (χ3n) is 2.26. The van der Waals surface area contributed by atoms with E-state index in [1.165, 1.54) is 0 Å². The maximum absolute atomic E-state index is 5.68. The second-order valence-electron chi connectivity index (χ2n) is 4.62. The van der Waals surface area contributed by atoms with E-state index < -0.39 is 0 Å². The summed E-state index contributed by atoms with van der Waals surface area (Å²) in [5.74, 6) is 1.00. The molecular formula is C11H20N2O. The van der Waals surface area contributed by atoms with Crippen LogP contribution in [-0.2, 0) is 6.54 Å². The summed E-state index contributed by atoms with van der Waals surface area (Å²) in [6.45, 7) is 6.87. The maximum Gasteiger partial charge on any atom is 0.117 e. The molecule has 0 aliphatic carbocycles. The van der Waals surface area contributed by atoms with Crippen LogP contribution in [0.25, 0.3) is 0 Å². The first kappa shape index (κ1) is 11.3. The van der Waals surface area contributed by atoms with E-state index in [2.05, 4.69) is 25.8 Å². The summed E-state index contributed by atoms with van der Waals surface area (Å²) >= 11 is 0. The molecule has 14 heavy (non-hydrogen) atoms. The van der Waals surface area contributed by atoms with Crippen LogP contribution in [0.3, 0.4) is 0 Å². The van der Waals surface area contributed by atoms with E-state index >= 15 is 0 Å². The molecule has 3 heteroatoms. The van der Waals surface area contributed by atoms with Crippen molar-refractivity contribution in [2.45, 2.75) is 20.4 Å². The second kappa shape index (κ2) is 4.62. The van der Waals surface area contributed by atoms with E-state index in [0.717, 1.165) is 18.8 Å². The van der Waals surface area contributed by atoms with Gasteiger partial charge >= 0.3 is 0 Å². The molecule has 80 valence electrons. The highest BCUT2D eigenvalue weighted by Gasteiger charge is 2.18. The molecule has 0 aliphatic rings. The molecule has 0 aliphatic heterocycles. The molecule has 1 rings (SSSR count). The highest BCUT2D eigenvalue weighted by atomic mass is 16.3. The molecule has 0 radical (unpaired) electrons. The Morgan fingerprint density at radius 1 is 1.50 bits per heavy atom. The van der Waals surface area contributed by atoms with Crippen LogP contribution in [0.5, 0.6) is 0 Å². The summed E-state index contributed by atoms with van der Waals surface area (Å²) < 4.78 is 5.28. The number of nitrogens with zero attached hydrogens (tertiary/aromatic N) is 1. The van der Waals surface area contributed by atoms with Gasteiger partial charge in [0.15, 0.2) is 0 Å². The molecule has 0 saturated heterocycles. The first-order valence-corrected chi connectivity index (χ1v) is 4.94. The number of hydrogen-bond donors (Lipinski definition) is 1. The number of furan rings is 1. The second-order valence-corrected chi connectivity index (χ2v) is 4.62. The molecule has 0 amide bonds. The lowest BCUT2D eigenvalue weighted by Crippen LogP contribution is -2.36.